The van der Waals surface area contributed by atoms with Gasteiger partial charge in [-0.3, -0.25) is 14.3 Å². The summed E-state index contributed by atoms with van der Waals surface area (Å²) in [5.74, 6) is 1.29. The first-order valence-corrected chi connectivity index (χ1v) is 14.0. The Morgan fingerprint density at radius 3 is 2.51 bits per heavy atom. The summed E-state index contributed by atoms with van der Waals surface area (Å²) >= 11 is 1.42. The van der Waals surface area contributed by atoms with Crippen molar-refractivity contribution in [2.24, 2.45) is 0 Å². The van der Waals surface area contributed by atoms with E-state index in [0.29, 0.717) is 22.2 Å². The van der Waals surface area contributed by atoms with Gasteiger partial charge in [0.2, 0.25) is 0 Å². The van der Waals surface area contributed by atoms with Crippen molar-refractivity contribution in [3.63, 3.8) is 0 Å². The van der Waals surface area contributed by atoms with E-state index in [4.69, 9.17) is 9.72 Å². The molecular formula is C32H28N6O2S. The van der Waals surface area contributed by atoms with Crippen molar-refractivity contribution in [2.45, 2.75) is 26.8 Å². The van der Waals surface area contributed by atoms with E-state index < -0.39 is 0 Å². The highest BCUT2D eigenvalue weighted by Gasteiger charge is 2.21. The molecule has 6 rings (SSSR count). The van der Waals surface area contributed by atoms with E-state index >= 15 is 0 Å². The first kappa shape index (κ1) is 26.3. The van der Waals surface area contributed by atoms with Crippen LogP contribution in [0.5, 0.6) is 5.19 Å². The van der Waals surface area contributed by atoms with Gasteiger partial charge in [0.25, 0.3) is 10.8 Å². The number of anilines is 1. The fourth-order valence-corrected chi connectivity index (χ4v) is 5.76. The summed E-state index contributed by atoms with van der Waals surface area (Å²) in [6.45, 7) is 5.84. The number of nitrogens with one attached hydrogen (secondary N) is 1. The number of hydrogen-bond acceptors (Lipinski definition) is 8. The molecule has 8 nitrogen and oxygen atoms in total. The van der Waals surface area contributed by atoms with Gasteiger partial charge in [0.05, 0.1) is 29.0 Å². The van der Waals surface area contributed by atoms with Crippen molar-refractivity contribution in [1.29, 1.82) is 0 Å². The minimum Gasteiger partial charge on any atom is -0.473 e. The number of hydrogen-bond donors (Lipinski definition) is 1. The average molecular weight is 561 g/mol. The van der Waals surface area contributed by atoms with Crippen LogP contribution < -0.4 is 15.6 Å². The van der Waals surface area contributed by atoms with Crippen molar-refractivity contribution in [1.82, 2.24) is 24.5 Å². The molecule has 1 atom stereocenters. The second-order valence-electron chi connectivity index (χ2n) is 9.74. The Hall–Kier alpha value is -4.89. The molecule has 6 aromatic rings. The SMILES string of the molecule is COc1ncc(-c2cnc(C)nc2N[C@@H](C)c2cc3cccc(-c4ccnc(C)c4)c3c(=O)n2-c2ccccc2)s1. The number of pyridine rings is 2. The van der Waals surface area contributed by atoms with Gasteiger partial charge in [-0.1, -0.05) is 47.7 Å². The topological polar surface area (TPSA) is 94.8 Å². The van der Waals surface area contributed by atoms with Crippen LogP contribution in [-0.4, -0.2) is 31.6 Å². The van der Waals surface area contributed by atoms with Crippen molar-refractivity contribution >= 4 is 27.9 Å². The molecule has 4 heterocycles. The first-order valence-electron chi connectivity index (χ1n) is 13.2. The fraction of sp³-hybridized carbons (Fsp3) is 0.156. The third kappa shape index (κ3) is 5.07. The molecule has 2 aromatic carbocycles. The molecule has 1 N–H and O–H groups in total. The molecule has 0 unspecified atom stereocenters. The van der Waals surface area contributed by atoms with E-state index in [0.717, 1.165) is 44.0 Å². The van der Waals surface area contributed by atoms with Crippen LogP contribution in [0.25, 0.3) is 38.0 Å². The molecule has 204 valence electrons. The molecule has 0 saturated carbocycles. The number of aryl methyl sites for hydroxylation is 2. The lowest BCUT2D eigenvalue weighted by Gasteiger charge is -2.23. The molecule has 0 saturated heterocycles. The number of methoxy groups -OCH3 is 1. The Bertz CT molecular complexity index is 1930. The molecule has 9 heteroatoms. The van der Waals surface area contributed by atoms with Crippen LogP contribution >= 0.6 is 11.3 Å². The van der Waals surface area contributed by atoms with Gasteiger partial charge in [0, 0.05) is 35.7 Å². The van der Waals surface area contributed by atoms with E-state index in [1.165, 1.54) is 11.3 Å². The minimum atomic E-state index is -0.290. The monoisotopic (exact) mass is 560 g/mol. The number of ether oxygens (including phenoxy) is 1. The van der Waals surface area contributed by atoms with Gasteiger partial charge >= 0.3 is 0 Å². The molecule has 41 heavy (non-hydrogen) atoms. The normalized spacial score (nSPS) is 11.9. The maximum atomic E-state index is 14.4. The van der Waals surface area contributed by atoms with E-state index in [-0.39, 0.29) is 11.6 Å². The van der Waals surface area contributed by atoms with E-state index in [2.05, 4.69) is 26.3 Å². The summed E-state index contributed by atoms with van der Waals surface area (Å²) in [6.07, 6.45) is 5.32. The summed E-state index contributed by atoms with van der Waals surface area (Å²) in [6, 6.07) is 21.4. The minimum absolute atomic E-state index is 0.0892. The maximum absolute atomic E-state index is 14.4. The lowest BCUT2D eigenvalue weighted by molar-refractivity contribution is 0.412. The quantitative estimate of drug-likeness (QED) is 0.230. The van der Waals surface area contributed by atoms with Crippen LogP contribution in [0, 0.1) is 13.8 Å². The molecule has 0 amide bonds. The predicted molar refractivity (Wildman–Crippen MR) is 164 cm³/mol. The Morgan fingerprint density at radius 2 is 1.76 bits per heavy atom. The lowest BCUT2D eigenvalue weighted by Crippen LogP contribution is -2.26. The molecule has 0 radical (unpaired) electrons. The van der Waals surface area contributed by atoms with Crippen molar-refractivity contribution in [2.75, 3.05) is 12.4 Å². The molecule has 0 aliphatic carbocycles. The highest BCUT2D eigenvalue weighted by Crippen LogP contribution is 2.36. The second-order valence-corrected chi connectivity index (χ2v) is 10.7. The average Bonchev–Trinajstić information content (AvgIpc) is 3.46. The summed E-state index contributed by atoms with van der Waals surface area (Å²) in [5.41, 5.74) is 5.05. The smallest absolute Gasteiger partial charge is 0.273 e. The highest BCUT2D eigenvalue weighted by atomic mass is 32.1. The largest absolute Gasteiger partial charge is 0.473 e. The number of para-hydroxylation sites is 1. The van der Waals surface area contributed by atoms with Gasteiger partial charge in [-0.15, -0.1) is 0 Å². The van der Waals surface area contributed by atoms with Crippen LogP contribution in [0.2, 0.25) is 0 Å². The van der Waals surface area contributed by atoms with Crippen molar-refractivity contribution < 1.29 is 4.74 Å². The van der Waals surface area contributed by atoms with Gasteiger partial charge in [0.1, 0.15) is 11.6 Å². The number of benzene rings is 2. The predicted octanol–water partition coefficient (Wildman–Crippen LogP) is 6.76. The number of aromatic nitrogens is 5. The van der Waals surface area contributed by atoms with Crippen LogP contribution in [0.15, 0.2) is 90.1 Å². The molecule has 0 aliphatic rings. The Labute approximate surface area is 241 Å². The van der Waals surface area contributed by atoms with Gasteiger partial charge in [-0.25, -0.2) is 15.0 Å². The van der Waals surface area contributed by atoms with Gasteiger partial charge in [-0.2, -0.15) is 0 Å². The highest BCUT2D eigenvalue weighted by molar-refractivity contribution is 7.16. The number of fused-ring (bicyclic) bond motifs is 1. The zero-order valence-corrected chi connectivity index (χ0v) is 23.9. The summed E-state index contributed by atoms with van der Waals surface area (Å²) in [7, 11) is 1.60. The molecule has 0 aliphatic heterocycles. The van der Waals surface area contributed by atoms with E-state index in [1.54, 1.807) is 30.3 Å². The molecule has 0 fully saturated rings. The van der Waals surface area contributed by atoms with Gasteiger partial charge in [-0.05, 0) is 67.6 Å². The van der Waals surface area contributed by atoms with E-state index in [1.807, 2.05) is 81.4 Å². The molecule has 0 spiro atoms. The Morgan fingerprint density at radius 1 is 0.927 bits per heavy atom. The van der Waals surface area contributed by atoms with Crippen LogP contribution in [0.1, 0.15) is 30.2 Å². The van der Waals surface area contributed by atoms with Crippen molar-refractivity contribution in [3.8, 4) is 32.4 Å². The summed E-state index contributed by atoms with van der Waals surface area (Å²) in [4.78, 5) is 33.1. The zero-order valence-electron chi connectivity index (χ0n) is 23.1. The third-order valence-corrected chi connectivity index (χ3v) is 7.92. The van der Waals surface area contributed by atoms with Crippen LogP contribution in [0.3, 0.4) is 0 Å². The first-order chi connectivity index (χ1) is 19.9. The standard InChI is InChI=1S/C32H28N6O2S/c1-19-15-22(13-14-33-19)25-12-8-9-23-16-27(38(31(39)29(23)25)24-10-6-5-7-11-24)20(2)36-30-26(17-34-21(3)37-30)28-18-35-32(40-4)41-28/h5-18,20H,1-4H3,(H,34,36,37)/t20-/m0/s1. The number of rotatable bonds is 7. The zero-order chi connectivity index (χ0) is 28.5. The molecule has 0 bridgehead atoms. The molecule has 4 aromatic heterocycles. The van der Waals surface area contributed by atoms with E-state index in [9.17, 15) is 4.79 Å². The van der Waals surface area contributed by atoms with Gasteiger partial charge in [0.15, 0.2) is 0 Å². The summed E-state index contributed by atoms with van der Waals surface area (Å²) < 4.78 is 7.09. The number of thiazole rings is 1. The van der Waals surface area contributed by atoms with Crippen molar-refractivity contribution in [3.05, 3.63) is 113 Å². The maximum Gasteiger partial charge on any atom is 0.273 e. The number of nitrogens with zero attached hydrogens (tertiary/aromatic N) is 5. The Kier molecular flexibility index (Phi) is 7.03. The third-order valence-electron chi connectivity index (χ3n) is 6.93. The van der Waals surface area contributed by atoms with Crippen LogP contribution in [-0.2, 0) is 0 Å². The second kappa shape index (κ2) is 10.9. The molecular weight excluding hydrogens is 532 g/mol. The lowest BCUT2D eigenvalue weighted by atomic mass is 9.98. The van der Waals surface area contributed by atoms with Crippen LogP contribution in [0.4, 0.5) is 5.82 Å². The fourth-order valence-electron chi connectivity index (χ4n) is 5.01. The van der Waals surface area contributed by atoms with Gasteiger partial charge < -0.3 is 10.1 Å². The summed E-state index contributed by atoms with van der Waals surface area (Å²) in [5, 5.41) is 5.66. The Balaban J connectivity index is 1.53.